The summed E-state index contributed by atoms with van der Waals surface area (Å²) in [4.78, 5) is 23.8. The molecule has 27 heavy (non-hydrogen) atoms. The van der Waals surface area contributed by atoms with Crippen molar-refractivity contribution in [2.75, 3.05) is 18.6 Å². The number of carbonyl (C=O) groups is 1. The normalized spacial score (nSPS) is 17.1. The van der Waals surface area contributed by atoms with Gasteiger partial charge in [-0.05, 0) is 24.3 Å². The molecule has 0 radical (unpaired) electrons. The molecule has 1 aliphatic rings. The number of sulfonamides is 1. The number of anilines is 1. The van der Waals surface area contributed by atoms with Crippen LogP contribution in [0, 0.1) is 10.1 Å². The van der Waals surface area contributed by atoms with Crippen LogP contribution in [0.15, 0.2) is 53.4 Å². The Hall–Kier alpha value is -2.98. The van der Waals surface area contributed by atoms with E-state index in [1.54, 1.807) is 24.3 Å². The minimum atomic E-state index is -3.90. The molecule has 0 saturated carbocycles. The summed E-state index contributed by atoms with van der Waals surface area (Å²) in [6, 6.07) is 10.9. The second kappa shape index (κ2) is 7.33. The van der Waals surface area contributed by atoms with Gasteiger partial charge in [-0.25, -0.2) is 13.1 Å². The number of hydrogen-bond donors (Lipinski definition) is 1. The molecule has 9 nitrogen and oxygen atoms in total. The Bertz CT molecular complexity index is 974. The largest absolute Gasteiger partial charge is 0.497 e. The van der Waals surface area contributed by atoms with E-state index in [1.165, 1.54) is 12.0 Å². The Morgan fingerprint density at radius 2 is 1.93 bits per heavy atom. The zero-order chi connectivity index (χ0) is 19.6. The van der Waals surface area contributed by atoms with Gasteiger partial charge in [-0.15, -0.1) is 0 Å². The molecule has 0 aliphatic carbocycles. The van der Waals surface area contributed by atoms with Gasteiger partial charge >= 0.3 is 0 Å². The van der Waals surface area contributed by atoms with Gasteiger partial charge in [0.25, 0.3) is 5.69 Å². The van der Waals surface area contributed by atoms with E-state index in [0.717, 1.165) is 24.3 Å². The summed E-state index contributed by atoms with van der Waals surface area (Å²) in [5.41, 5.74) is 0.422. The van der Waals surface area contributed by atoms with Gasteiger partial charge in [-0.2, -0.15) is 0 Å². The number of rotatable bonds is 6. The van der Waals surface area contributed by atoms with Gasteiger partial charge in [0, 0.05) is 42.9 Å². The van der Waals surface area contributed by atoms with Crippen LogP contribution in [0.1, 0.15) is 6.42 Å². The lowest BCUT2D eigenvalue weighted by Crippen LogP contribution is -2.37. The van der Waals surface area contributed by atoms with Crippen LogP contribution < -0.4 is 14.4 Å². The van der Waals surface area contributed by atoms with E-state index in [2.05, 4.69) is 4.72 Å². The Balaban J connectivity index is 1.74. The number of hydrogen-bond acceptors (Lipinski definition) is 6. The molecule has 2 aromatic rings. The molecule has 1 heterocycles. The SMILES string of the molecule is COc1cccc(N2C[C@H](NS(=O)(=O)c3ccc([N+](=O)[O-])cc3)CC2=O)c1. The third kappa shape index (κ3) is 4.07. The summed E-state index contributed by atoms with van der Waals surface area (Å²) in [7, 11) is -2.38. The monoisotopic (exact) mass is 391 g/mol. The number of non-ortho nitro benzene ring substituents is 1. The van der Waals surface area contributed by atoms with Crippen LogP contribution in [0.5, 0.6) is 5.75 Å². The van der Waals surface area contributed by atoms with Crippen molar-refractivity contribution in [3.63, 3.8) is 0 Å². The van der Waals surface area contributed by atoms with E-state index >= 15 is 0 Å². The van der Waals surface area contributed by atoms with Crippen LogP contribution in [0.3, 0.4) is 0 Å². The predicted octanol–water partition coefficient (Wildman–Crippen LogP) is 1.69. The fourth-order valence-corrected chi connectivity index (χ4v) is 4.08. The number of ether oxygens (including phenoxy) is 1. The van der Waals surface area contributed by atoms with Gasteiger partial charge in [0.1, 0.15) is 5.75 Å². The molecule has 1 aliphatic heterocycles. The molecular formula is C17H17N3O6S. The number of amides is 1. The van der Waals surface area contributed by atoms with Crippen molar-refractivity contribution in [1.29, 1.82) is 0 Å². The smallest absolute Gasteiger partial charge is 0.269 e. The lowest BCUT2D eigenvalue weighted by molar-refractivity contribution is -0.384. The first kappa shape index (κ1) is 18.8. The lowest BCUT2D eigenvalue weighted by atomic mass is 10.3. The quantitative estimate of drug-likeness (QED) is 0.591. The molecule has 0 bridgehead atoms. The highest BCUT2D eigenvalue weighted by Gasteiger charge is 2.33. The van der Waals surface area contributed by atoms with Crippen LogP contribution in [-0.4, -0.2) is 38.9 Å². The molecule has 1 atom stereocenters. The number of nitrogens with one attached hydrogen (secondary N) is 1. The number of nitro benzene ring substituents is 1. The predicted molar refractivity (Wildman–Crippen MR) is 97.2 cm³/mol. The van der Waals surface area contributed by atoms with Crippen LogP contribution in [-0.2, 0) is 14.8 Å². The molecule has 1 amide bonds. The highest BCUT2D eigenvalue weighted by molar-refractivity contribution is 7.89. The standard InChI is InChI=1S/C17H17N3O6S/c1-26-15-4-2-3-14(10-15)19-11-12(9-17(19)21)18-27(24,25)16-7-5-13(6-8-16)20(22)23/h2-8,10,12,18H,9,11H2,1H3/t12-/m1/s1. The molecule has 0 spiro atoms. The summed E-state index contributed by atoms with van der Waals surface area (Å²) in [6.45, 7) is 0.179. The van der Waals surface area contributed by atoms with Gasteiger partial charge in [0.2, 0.25) is 15.9 Å². The summed E-state index contributed by atoms with van der Waals surface area (Å²) in [5.74, 6) is 0.384. The first-order valence-corrected chi connectivity index (χ1v) is 9.49. The van der Waals surface area contributed by atoms with Crippen LogP contribution in [0.4, 0.5) is 11.4 Å². The third-order valence-electron chi connectivity index (χ3n) is 4.17. The number of methoxy groups -OCH3 is 1. The molecule has 142 valence electrons. The van der Waals surface area contributed by atoms with Crippen molar-refractivity contribution < 1.29 is 22.9 Å². The maximum Gasteiger partial charge on any atom is 0.269 e. The van der Waals surface area contributed by atoms with Crippen molar-refractivity contribution in [3.8, 4) is 5.75 Å². The van der Waals surface area contributed by atoms with Gasteiger partial charge < -0.3 is 9.64 Å². The van der Waals surface area contributed by atoms with Crippen molar-refractivity contribution in [2.45, 2.75) is 17.4 Å². The maximum atomic E-state index is 12.5. The molecule has 2 aromatic carbocycles. The van der Waals surface area contributed by atoms with E-state index < -0.39 is 21.0 Å². The fourth-order valence-electron chi connectivity index (χ4n) is 2.85. The number of benzene rings is 2. The fraction of sp³-hybridized carbons (Fsp3) is 0.235. The minimum absolute atomic E-state index is 0.0173. The number of nitro groups is 1. The molecule has 0 aromatic heterocycles. The summed E-state index contributed by atoms with van der Waals surface area (Å²) >= 11 is 0. The second-order valence-electron chi connectivity index (χ2n) is 5.98. The van der Waals surface area contributed by atoms with Gasteiger partial charge in [-0.3, -0.25) is 14.9 Å². The Kier molecular flexibility index (Phi) is 5.10. The van der Waals surface area contributed by atoms with E-state index in [-0.39, 0.29) is 29.5 Å². The molecule has 1 saturated heterocycles. The van der Waals surface area contributed by atoms with E-state index in [0.29, 0.717) is 11.4 Å². The number of nitrogens with zero attached hydrogens (tertiary/aromatic N) is 2. The maximum absolute atomic E-state index is 12.5. The van der Waals surface area contributed by atoms with E-state index in [4.69, 9.17) is 4.74 Å². The van der Waals surface area contributed by atoms with Gasteiger partial charge in [0.15, 0.2) is 0 Å². The molecule has 3 rings (SSSR count). The lowest BCUT2D eigenvalue weighted by Gasteiger charge is -2.18. The Morgan fingerprint density at radius 1 is 1.22 bits per heavy atom. The molecule has 1 N–H and O–H groups in total. The average molecular weight is 391 g/mol. The van der Waals surface area contributed by atoms with E-state index in [9.17, 15) is 23.3 Å². The zero-order valence-corrected chi connectivity index (χ0v) is 15.2. The summed E-state index contributed by atoms with van der Waals surface area (Å²) in [5, 5.41) is 10.7. The summed E-state index contributed by atoms with van der Waals surface area (Å²) < 4.78 is 32.6. The van der Waals surface area contributed by atoms with Crippen LogP contribution >= 0.6 is 0 Å². The average Bonchev–Trinajstić information content (AvgIpc) is 3.01. The second-order valence-corrected chi connectivity index (χ2v) is 7.69. The highest BCUT2D eigenvalue weighted by atomic mass is 32.2. The number of carbonyl (C=O) groups excluding carboxylic acids is 1. The Labute approximate surface area is 155 Å². The molecule has 0 unspecified atom stereocenters. The van der Waals surface area contributed by atoms with Crippen molar-refractivity contribution in [3.05, 3.63) is 58.6 Å². The van der Waals surface area contributed by atoms with E-state index in [1.807, 2.05) is 0 Å². The first-order chi connectivity index (χ1) is 12.8. The van der Waals surface area contributed by atoms with Crippen molar-refractivity contribution in [1.82, 2.24) is 4.72 Å². The summed E-state index contributed by atoms with van der Waals surface area (Å²) in [6.07, 6.45) is 0.0173. The minimum Gasteiger partial charge on any atom is -0.497 e. The van der Waals surface area contributed by atoms with Crippen molar-refractivity contribution in [2.24, 2.45) is 0 Å². The van der Waals surface area contributed by atoms with Crippen molar-refractivity contribution >= 4 is 27.3 Å². The molecule has 1 fully saturated rings. The van der Waals surface area contributed by atoms with Gasteiger partial charge in [0.05, 0.1) is 16.9 Å². The highest BCUT2D eigenvalue weighted by Crippen LogP contribution is 2.26. The molecular weight excluding hydrogens is 374 g/mol. The van der Waals surface area contributed by atoms with Gasteiger partial charge in [-0.1, -0.05) is 6.07 Å². The topological polar surface area (TPSA) is 119 Å². The first-order valence-electron chi connectivity index (χ1n) is 8.01. The van der Waals surface area contributed by atoms with Crippen LogP contribution in [0.2, 0.25) is 0 Å². The third-order valence-corrected chi connectivity index (χ3v) is 5.71. The molecule has 10 heteroatoms. The van der Waals surface area contributed by atoms with Crippen LogP contribution in [0.25, 0.3) is 0 Å². The Morgan fingerprint density at radius 3 is 2.56 bits per heavy atom. The zero-order valence-electron chi connectivity index (χ0n) is 14.4.